The molecule has 1 atom stereocenters. The van der Waals surface area contributed by atoms with Gasteiger partial charge in [-0.1, -0.05) is 0 Å². The first-order valence-corrected chi connectivity index (χ1v) is 6.17. The molecule has 2 heterocycles. The highest BCUT2D eigenvalue weighted by atomic mass is 16.2. The quantitative estimate of drug-likeness (QED) is 0.838. The number of carbonyl (C=O) groups excluding carboxylic acids is 1. The maximum Gasteiger partial charge on any atom is 0.247 e. The van der Waals surface area contributed by atoms with E-state index in [4.69, 9.17) is 0 Å². The zero-order chi connectivity index (χ0) is 12.3. The fraction of sp³-hybridized carbons (Fsp3) is 0.667. The second kappa shape index (κ2) is 5.31. The number of likely N-dealkylation sites (tertiary alicyclic amines) is 1. The lowest BCUT2D eigenvalue weighted by Gasteiger charge is -2.33. The Morgan fingerprint density at radius 2 is 2.18 bits per heavy atom. The van der Waals surface area contributed by atoms with E-state index in [9.17, 15) is 4.79 Å². The SMILES string of the molecule is CNC1CCN(C(=O)C(C)n2cccn2)CC1. The third-order valence-corrected chi connectivity index (χ3v) is 3.49. The third kappa shape index (κ3) is 2.66. The van der Waals surface area contributed by atoms with Crippen molar-refractivity contribution in [3.63, 3.8) is 0 Å². The Labute approximate surface area is 102 Å². The number of carbonyl (C=O) groups is 1. The summed E-state index contributed by atoms with van der Waals surface area (Å²) in [5, 5.41) is 7.38. The van der Waals surface area contributed by atoms with Gasteiger partial charge >= 0.3 is 0 Å². The summed E-state index contributed by atoms with van der Waals surface area (Å²) in [6.07, 6.45) is 5.61. The van der Waals surface area contributed by atoms with Gasteiger partial charge in [0.25, 0.3) is 0 Å². The molecule has 1 aliphatic heterocycles. The van der Waals surface area contributed by atoms with Gasteiger partial charge in [-0.05, 0) is 32.9 Å². The predicted octanol–water partition coefficient (Wildman–Crippen LogP) is 0.654. The first kappa shape index (κ1) is 12.1. The van der Waals surface area contributed by atoms with Crippen LogP contribution in [0.25, 0.3) is 0 Å². The Morgan fingerprint density at radius 1 is 1.47 bits per heavy atom. The van der Waals surface area contributed by atoms with Crippen LogP contribution in [0.1, 0.15) is 25.8 Å². The molecule has 1 aromatic heterocycles. The molecule has 0 radical (unpaired) electrons. The lowest BCUT2D eigenvalue weighted by atomic mass is 10.0. The lowest BCUT2D eigenvalue weighted by molar-refractivity contribution is -0.135. The minimum atomic E-state index is -0.198. The van der Waals surface area contributed by atoms with Crippen LogP contribution >= 0.6 is 0 Å². The van der Waals surface area contributed by atoms with Crippen molar-refractivity contribution in [2.24, 2.45) is 0 Å². The van der Waals surface area contributed by atoms with Crippen molar-refractivity contribution in [3.8, 4) is 0 Å². The molecule has 0 aliphatic carbocycles. The summed E-state index contributed by atoms with van der Waals surface area (Å²) in [5.41, 5.74) is 0. The van der Waals surface area contributed by atoms with Crippen LogP contribution in [0.4, 0.5) is 0 Å². The van der Waals surface area contributed by atoms with E-state index in [0.717, 1.165) is 25.9 Å². The highest BCUT2D eigenvalue weighted by Gasteiger charge is 2.26. The average Bonchev–Trinajstić information content (AvgIpc) is 2.91. The van der Waals surface area contributed by atoms with E-state index in [0.29, 0.717) is 6.04 Å². The number of aromatic nitrogens is 2. The maximum atomic E-state index is 12.2. The Balaban J connectivity index is 1.93. The van der Waals surface area contributed by atoms with Crippen molar-refractivity contribution in [2.45, 2.75) is 31.8 Å². The molecule has 1 aliphatic rings. The third-order valence-electron chi connectivity index (χ3n) is 3.49. The molecule has 5 nitrogen and oxygen atoms in total. The summed E-state index contributed by atoms with van der Waals surface area (Å²) in [4.78, 5) is 14.2. The van der Waals surface area contributed by atoms with E-state index in [1.54, 1.807) is 10.9 Å². The number of hydrogen-bond donors (Lipinski definition) is 1. The normalized spacial score (nSPS) is 19.3. The van der Waals surface area contributed by atoms with Gasteiger partial charge in [0.1, 0.15) is 6.04 Å². The van der Waals surface area contributed by atoms with Crippen LogP contribution in [-0.2, 0) is 4.79 Å². The summed E-state index contributed by atoms with van der Waals surface area (Å²) in [6, 6.07) is 2.20. The van der Waals surface area contributed by atoms with Crippen LogP contribution in [0.3, 0.4) is 0 Å². The smallest absolute Gasteiger partial charge is 0.247 e. The molecular weight excluding hydrogens is 216 g/mol. The highest BCUT2D eigenvalue weighted by Crippen LogP contribution is 2.15. The Kier molecular flexibility index (Phi) is 3.78. The summed E-state index contributed by atoms with van der Waals surface area (Å²) < 4.78 is 1.71. The minimum Gasteiger partial charge on any atom is -0.341 e. The van der Waals surface area contributed by atoms with Gasteiger partial charge in [0, 0.05) is 31.5 Å². The van der Waals surface area contributed by atoms with Gasteiger partial charge < -0.3 is 10.2 Å². The zero-order valence-corrected chi connectivity index (χ0v) is 10.5. The Hall–Kier alpha value is -1.36. The number of rotatable bonds is 3. The van der Waals surface area contributed by atoms with Crippen molar-refractivity contribution in [1.82, 2.24) is 20.0 Å². The van der Waals surface area contributed by atoms with Gasteiger partial charge in [-0.25, -0.2) is 0 Å². The molecule has 0 aromatic carbocycles. The molecule has 2 rings (SSSR count). The molecular formula is C12H20N4O. The van der Waals surface area contributed by atoms with Crippen molar-refractivity contribution < 1.29 is 4.79 Å². The Bertz CT molecular complexity index is 355. The van der Waals surface area contributed by atoms with E-state index in [-0.39, 0.29) is 11.9 Å². The van der Waals surface area contributed by atoms with Gasteiger partial charge in [0.2, 0.25) is 5.91 Å². The zero-order valence-electron chi connectivity index (χ0n) is 10.5. The molecule has 1 N–H and O–H groups in total. The Morgan fingerprint density at radius 3 is 2.71 bits per heavy atom. The minimum absolute atomic E-state index is 0.170. The molecule has 0 bridgehead atoms. The van der Waals surface area contributed by atoms with Gasteiger partial charge in [-0.3, -0.25) is 9.48 Å². The van der Waals surface area contributed by atoms with Crippen LogP contribution < -0.4 is 5.32 Å². The highest BCUT2D eigenvalue weighted by molar-refractivity contribution is 5.80. The molecule has 94 valence electrons. The second-order valence-corrected chi connectivity index (χ2v) is 4.55. The summed E-state index contributed by atoms with van der Waals surface area (Å²) in [5.74, 6) is 0.170. The number of piperidine rings is 1. The van der Waals surface area contributed by atoms with Gasteiger partial charge in [-0.2, -0.15) is 5.10 Å². The molecule has 0 spiro atoms. The standard InChI is InChI=1S/C12H20N4O/c1-10(16-7-3-6-14-16)12(17)15-8-4-11(13-2)5-9-15/h3,6-7,10-11,13H,4-5,8-9H2,1-2H3. The number of amides is 1. The molecule has 0 saturated carbocycles. The van der Waals surface area contributed by atoms with Crippen molar-refractivity contribution in [3.05, 3.63) is 18.5 Å². The average molecular weight is 236 g/mol. The molecule has 1 unspecified atom stereocenters. The largest absolute Gasteiger partial charge is 0.341 e. The van der Waals surface area contributed by atoms with Gasteiger partial charge in [-0.15, -0.1) is 0 Å². The molecule has 1 aromatic rings. The van der Waals surface area contributed by atoms with Crippen LogP contribution in [0.2, 0.25) is 0 Å². The molecule has 17 heavy (non-hydrogen) atoms. The monoisotopic (exact) mass is 236 g/mol. The van der Waals surface area contributed by atoms with E-state index < -0.39 is 0 Å². The fourth-order valence-corrected chi connectivity index (χ4v) is 2.28. The maximum absolute atomic E-state index is 12.2. The topological polar surface area (TPSA) is 50.2 Å². The second-order valence-electron chi connectivity index (χ2n) is 4.55. The molecule has 1 saturated heterocycles. The van der Waals surface area contributed by atoms with E-state index in [2.05, 4.69) is 10.4 Å². The number of hydrogen-bond acceptors (Lipinski definition) is 3. The van der Waals surface area contributed by atoms with E-state index in [1.807, 2.05) is 31.1 Å². The van der Waals surface area contributed by atoms with Crippen molar-refractivity contribution >= 4 is 5.91 Å². The predicted molar refractivity (Wildman–Crippen MR) is 65.6 cm³/mol. The summed E-state index contributed by atoms with van der Waals surface area (Å²) >= 11 is 0. The fourth-order valence-electron chi connectivity index (χ4n) is 2.28. The summed E-state index contributed by atoms with van der Waals surface area (Å²) in [7, 11) is 1.98. The van der Waals surface area contributed by atoms with E-state index >= 15 is 0 Å². The number of nitrogens with one attached hydrogen (secondary N) is 1. The van der Waals surface area contributed by atoms with Gasteiger partial charge in [0.05, 0.1) is 0 Å². The van der Waals surface area contributed by atoms with Crippen LogP contribution in [-0.4, -0.2) is 46.8 Å². The molecule has 5 heteroatoms. The first-order valence-electron chi connectivity index (χ1n) is 6.17. The molecule has 1 amide bonds. The number of nitrogens with zero attached hydrogens (tertiary/aromatic N) is 3. The summed E-state index contributed by atoms with van der Waals surface area (Å²) in [6.45, 7) is 3.59. The van der Waals surface area contributed by atoms with Crippen LogP contribution in [0.15, 0.2) is 18.5 Å². The lowest BCUT2D eigenvalue weighted by Crippen LogP contribution is -2.46. The molecule has 1 fully saturated rings. The first-order chi connectivity index (χ1) is 8.22. The van der Waals surface area contributed by atoms with E-state index in [1.165, 1.54) is 0 Å². The van der Waals surface area contributed by atoms with Gasteiger partial charge in [0.15, 0.2) is 0 Å². The van der Waals surface area contributed by atoms with Crippen molar-refractivity contribution in [1.29, 1.82) is 0 Å². The van der Waals surface area contributed by atoms with Crippen LogP contribution in [0, 0.1) is 0 Å². The van der Waals surface area contributed by atoms with Crippen LogP contribution in [0.5, 0.6) is 0 Å². The van der Waals surface area contributed by atoms with Crippen molar-refractivity contribution in [2.75, 3.05) is 20.1 Å².